The number of ether oxygens (including phenoxy) is 1. The fraction of sp³-hybridized carbons (Fsp3) is 0.125. The fourth-order valence-corrected chi connectivity index (χ4v) is 1.81. The first-order valence-corrected chi connectivity index (χ1v) is 6.85. The minimum atomic E-state index is -0.334. The van der Waals surface area contributed by atoms with Gasteiger partial charge in [-0.3, -0.25) is 4.79 Å². The minimum absolute atomic E-state index is 0.133. The minimum Gasteiger partial charge on any atom is -0.482 e. The molecule has 0 heterocycles. The Kier molecular flexibility index (Phi) is 5.79. The normalized spacial score (nSPS) is 10.5. The second-order valence-corrected chi connectivity index (χ2v) is 4.66. The number of nitrogens with zero attached hydrogens (tertiary/aromatic N) is 1. The van der Waals surface area contributed by atoms with Crippen LogP contribution in [0.2, 0.25) is 5.02 Å². The summed E-state index contributed by atoms with van der Waals surface area (Å²) in [5.74, 6) is 0.141. The lowest BCUT2D eigenvalue weighted by molar-refractivity contribution is -0.123. The Bertz CT molecular complexity index is 615. The summed E-state index contributed by atoms with van der Waals surface area (Å²) in [5.41, 5.74) is 3.53. The topological polar surface area (TPSA) is 50.7 Å². The Morgan fingerprint density at radius 1 is 1.14 bits per heavy atom. The summed E-state index contributed by atoms with van der Waals surface area (Å²) in [4.78, 5) is 11.5. The van der Waals surface area contributed by atoms with E-state index in [4.69, 9.17) is 16.3 Å². The Labute approximate surface area is 128 Å². The van der Waals surface area contributed by atoms with Crippen LogP contribution in [0.4, 0.5) is 0 Å². The van der Waals surface area contributed by atoms with Gasteiger partial charge in [0, 0.05) is 12.6 Å². The lowest BCUT2D eigenvalue weighted by atomic mass is 10.2. The van der Waals surface area contributed by atoms with Crippen LogP contribution in [0.1, 0.15) is 5.56 Å². The molecule has 1 N–H and O–H groups in total. The first kappa shape index (κ1) is 15.1. The van der Waals surface area contributed by atoms with Gasteiger partial charge < -0.3 is 4.74 Å². The van der Waals surface area contributed by atoms with E-state index in [0.29, 0.717) is 17.2 Å². The molecule has 2 rings (SSSR count). The SMILES string of the molecule is O=C(COc1ccccc1Cl)NN=CCc1ccccc1. The maximum Gasteiger partial charge on any atom is 0.277 e. The zero-order chi connectivity index (χ0) is 14.9. The summed E-state index contributed by atoms with van der Waals surface area (Å²) in [7, 11) is 0. The van der Waals surface area contributed by atoms with Gasteiger partial charge in [0.1, 0.15) is 5.75 Å². The Balaban J connectivity index is 1.71. The van der Waals surface area contributed by atoms with Crippen molar-refractivity contribution in [1.29, 1.82) is 0 Å². The van der Waals surface area contributed by atoms with Gasteiger partial charge in [-0.15, -0.1) is 0 Å². The first-order chi connectivity index (χ1) is 10.3. The van der Waals surface area contributed by atoms with Crippen molar-refractivity contribution in [2.24, 2.45) is 5.10 Å². The summed E-state index contributed by atoms with van der Waals surface area (Å²) in [6, 6.07) is 16.8. The predicted octanol–water partition coefficient (Wildman–Crippen LogP) is 3.06. The van der Waals surface area contributed by atoms with Gasteiger partial charge in [-0.1, -0.05) is 54.1 Å². The first-order valence-electron chi connectivity index (χ1n) is 6.47. The molecular weight excluding hydrogens is 288 g/mol. The van der Waals surface area contributed by atoms with Gasteiger partial charge in [0.2, 0.25) is 0 Å². The molecule has 0 atom stereocenters. The van der Waals surface area contributed by atoms with E-state index in [0.717, 1.165) is 5.56 Å². The third kappa shape index (κ3) is 5.28. The van der Waals surface area contributed by atoms with E-state index in [1.807, 2.05) is 30.3 Å². The molecule has 0 aliphatic rings. The van der Waals surface area contributed by atoms with Crippen LogP contribution in [-0.4, -0.2) is 18.7 Å². The number of hydrogen-bond donors (Lipinski definition) is 1. The van der Waals surface area contributed by atoms with Crippen molar-refractivity contribution < 1.29 is 9.53 Å². The van der Waals surface area contributed by atoms with Gasteiger partial charge in [-0.2, -0.15) is 5.10 Å². The number of rotatable bonds is 6. The lowest BCUT2D eigenvalue weighted by Gasteiger charge is -2.06. The van der Waals surface area contributed by atoms with E-state index in [9.17, 15) is 4.79 Å². The van der Waals surface area contributed by atoms with Gasteiger partial charge in [0.15, 0.2) is 6.61 Å². The van der Waals surface area contributed by atoms with Crippen molar-refractivity contribution in [2.45, 2.75) is 6.42 Å². The zero-order valence-corrected chi connectivity index (χ0v) is 12.1. The average Bonchev–Trinajstić information content (AvgIpc) is 2.52. The van der Waals surface area contributed by atoms with Crippen molar-refractivity contribution in [3.8, 4) is 5.75 Å². The molecule has 1 amide bonds. The van der Waals surface area contributed by atoms with Crippen LogP contribution in [-0.2, 0) is 11.2 Å². The Morgan fingerprint density at radius 2 is 1.86 bits per heavy atom. The summed E-state index contributed by atoms with van der Waals surface area (Å²) < 4.78 is 5.30. The van der Waals surface area contributed by atoms with Crippen LogP contribution < -0.4 is 10.2 Å². The van der Waals surface area contributed by atoms with E-state index in [2.05, 4.69) is 10.5 Å². The molecule has 0 spiro atoms. The summed E-state index contributed by atoms with van der Waals surface area (Å²) in [6.45, 7) is -0.133. The number of para-hydroxylation sites is 1. The molecule has 2 aromatic rings. The second kappa shape index (κ2) is 8.07. The average molecular weight is 303 g/mol. The number of amides is 1. The van der Waals surface area contributed by atoms with Crippen LogP contribution in [0, 0.1) is 0 Å². The highest BCUT2D eigenvalue weighted by Crippen LogP contribution is 2.22. The van der Waals surface area contributed by atoms with Crippen molar-refractivity contribution in [3.63, 3.8) is 0 Å². The van der Waals surface area contributed by atoms with Gasteiger partial charge in [0.25, 0.3) is 5.91 Å². The highest BCUT2D eigenvalue weighted by molar-refractivity contribution is 6.32. The third-order valence-corrected chi connectivity index (χ3v) is 2.96. The number of carbonyl (C=O) groups excluding carboxylic acids is 1. The predicted molar refractivity (Wildman–Crippen MR) is 83.7 cm³/mol. The molecule has 0 unspecified atom stereocenters. The van der Waals surface area contributed by atoms with E-state index >= 15 is 0 Å². The van der Waals surface area contributed by atoms with E-state index in [1.165, 1.54) is 0 Å². The number of benzene rings is 2. The monoisotopic (exact) mass is 302 g/mol. The van der Waals surface area contributed by atoms with E-state index < -0.39 is 0 Å². The van der Waals surface area contributed by atoms with Crippen molar-refractivity contribution in [1.82, 2.24) is 5.43 Å². The zero-order valence-electron chi connectivity index (χ0n) is 11.3. The third-order valence-electron chi connectivity index (χ3n) is 2.65. The highest BCUT2D eigenvalue weighted by atomic mass is 35.5. The second-order valence-electron chi connectivity index (χ2n) is 4.26. The van der Waals surface area contributed by atoms with Crippen molar-refractivity contribution >= 4 is 23.7 Å². The van der Waals surface area contributed by atoms with Crippen LogP contribution in [0.3, 0.4) is 0 Å². The number of hydrogen-bond acceptors (Lipinski definition) is 3. The molecule has 0 aliphatic carbocycles. The van der Waals surface area contributed by atoms with E-state index in [-0.39, 0.29) is 12.5 Å². The van der Waals surface area contributed by atoms with Crippen molar-refractivity contribution in [2.75, 3.05) is 6.61 Å². The standard InChI is InChI=1S/C16H15ClN2O2/c17-14-8-4-5-9-15(14)21-12-16(20)19-18-11-10-13-6-2-1-3-7-13/h1-9,11H,10,12H2,(H,19,20). The molecule has 0 fully saturated rings. The summed E-state index contributed by atoms with van der Waals surface area (Å²) >= 11 is 5.92. The largest absolute Gasteiger partial charge is 0.482 e. The maximum absolute atomic E-state index is 11.5. The molecule has 21 heavy (non-hydrogen) atoms. The quantitative estimate of drug-likeness (QED) is 0.658. The number of nitrogens with one attached hydrogen (secondary N) is 1. The fourth-order valence-electron chi connectivity index (χ4n) is 1.62. The molecule has 0 saturated heterocycles. The van der Waals surface area contributed by atoms with Crippen LogP contribution in [0.5, 0.6) is 5.75 Å². The highest BCUT2D eigenvalue weighted by Gasteiger charge is 2.03. The number of halogens is 1. The maximum atomic E-state index is 11.5. The van der Waals surface area contributed by atoms with Gasteiger partial charge >= 0.3 is 0 Å². The molecule has 5 heteroatoms. The summed E-state index contributed by atoms with van der Waals surface area (Å²) in [5, 5.41) is 4.33. The van der Waals surface area contributed by atoms with E-state index in [1.54, 1.807) is 30.5 Å². The molecule has 0 aliphatic heterocycles. The molecular formula is C16H15ClN2O2. The molecule has 108 valence electrons. The molecule has 0 radical (unpaired) electrons. The number of carbonyl (C=O) groups is 1. The van der Waals surface area contributed by atoms with Crippen LogP contribution in [0.15, 0.2) is 59.7 Å². The lowest BCUT2D eigenvalue weighted by Crippen LogP contribution is -2.24. The molecule has 0 saturated carbocycles. The Morgan fingerprint density at radius 3 is 2.62 bits per heavy atom. The molecule has 0 aromatic heterocycles. The molecule has 0 bridgehead atoms. The van der Waals surface area contributed by atoms with Gasteiger partial charge in [-0.25, -0.2) is 5.43 Å². The Hall–Kier alpha value is -2.33. The van der Waals surface area contributed by atoms with Gasteiger partial charge in [0.05, 0.1) is 5.02 Å². The van der Waals surface area contributed by atoms with Gasteiger partial charge in [-0.05, 0) is 17.7 Å². The molecule has 4 nitrogen and oxygen atoms in total. The van der Waals surface area contributed by atoms with Crippen LogP contribution >= 0.6 is 11.6 Å². The van der Waals surface area contributed by atoms with Crippen LogP contribution in [0.25, 0.3) is 0 Å². The molecule has 2 aromatic carbocycles. The summed E-state index contributed by atoms with van der Waals surface area (Å²) in [6.07, 6.45) is 2.30. The smallest absolute Gasteiger partial charge is 0.277 e. The van der Waals surface area contributed by atoms with Crippen molar-refractivity contribution in [3.05, 3.63) is 65.2 Å². The number of hydrazone groups is 1.